The van der Waals surface area contributed by atoms with E-state index in [1.165, 1.54) is 0 Å². The van der Waals surface area contributed by atoms with Crippen LogP contribution in [0.2, 0.25) is 0 Å². The van der Waals surface area contributed by atoms with Gasteiger partial charge in [0.25, 0.3) is 0 Å². The first-order valence-electron chi connectivity index (χ1n) is 8.24. The van der Waals surface area contributed by atoms with Crippen LogP contribution in [0.3, 0.4) is 0 Å². The Labute approximate surface area is 136 Å². The molecule has 2 N–H and O–H groups in total. The van der Waals surface area contributed by atoms with Crippen LogP contribution in [0.15, 0.2) is 18.2 Å². The van der Waals surface area contributed by atoms with Gasteiger partial charge in [-0.2, -0.15) is 0 Å². The molecule has 1 saturated carbocycles. The van der Waals surface area contributed by atoms with Crippen LogP contribution in [-0.4, -0.2) is 54.4 Å². The maximum absolute atomic E-state index is 10.9. The second-order valence-corrected chi connectivity index (χ2v) is 6.10. The predicted molar refractivity (Wildman–Crippen MR) is 86.0 cm³/mol. The number of carbonyl (C=O) groups is 1. The van der Waals surface area contributed by atoms with Gasteiger partial charge in [-0.3, -0.25) is 9.69 Å². The number of aliphatic carboxylic acids is 1. The highest BCUT2D eigenvalue weighted by atomic mass is 16.6. The van der Waals surface area contributed by atoms with Gasteiger partial charge in [0.1, 0.15) is 13.2 Å². The van der Waals surface area contributed by atoms with E-state index in [1.54, 1.807) is 0 Å². The summed E-state index contributed by atoms with van der Waals surface area (Å²) in [6.45, 7) is 4.86. The summed E-state index contributed by atoms with van der Waals surface area (Å²) in [4.78, 5) is 12.9. The highest BCUT2D eigenvalue weighted by Gasteiger charge is 2.33. The monoisotopic (exact) mass is 320 g/mol. The van der Waals surface area contributed by atoms with Crippen molar-refractivity contribution in [1.29, 1.82) is 0 Å². The normalized spacial score (nSPS) is 22.7. The molecule has 0 atom stereocenters. The lowest BCUT2D eigenvalue weighted by molar-refractivity contribution is -0.139. The molecule has 0 amide bonds. The van der Waals surface area contributed by atoms with E-state index < -0.39 is 5.97 Å². The molecular formula is C17H24N2O4. The summed E-state index contributed by atoms with van der Waals surface area (Å²) in [6, 6.07) is 6.78. The molecule has 6 nitrogen and oxygen atoms in total. The quantitative estimate of drug-likeness (QED) is 0.793. The molecule has 1 aliphatic carbocycles. The van der Waals surface area contributed by atoms with Crippen LogP contribution in [0.1, 0.15) is 25.3 Å². The van der Waals surface area contributed by atoms with Gasteiger partial charge in [0.15, 0.2) is 11.5 Å². The lowest BCUT2D eigenvalue weighted by Gasteiger charge is -2.42. The van der Waals surface area contributed by atoms with Gasteiger partial charge in [-0.15, -0.1) is 0 Å². The van der Waals surface area contributed by atoms with E-state index in [1.807, 2.05) is 24.0 Å². The van der Waals surface area contributed by atoms with E-state index >= 15 is 0 Å². The number of hydrogen-bond donors (Lipinski definition) is 2. The lowest BCUT2D eigenvalue weighted by atomic mass is 9.85. The number of carboxylic acid groups (broad SMARTS) is 1. The molecule has 0 unspecified atom stereocenters. The molecule has 0 bridgehead atoms. The summed E-state index contributed by atoms with van der Waals surface area (Å²) in [5.74, 6) is 0.917. The van der Waals surface area contributed by atoms with Crippen LogP contribution in [0.5, 0.6) is 11.5 Å². The summed E-state index contributed by atoms with van der Waals surface area (Å²) in [6.07, 6.45) is 1.99. The average molecular weight is 320 g/mol. The van der Waals surface area contributed by atoms with Gasteiger partial charge in [-0.1, -0.05) is 19.1 Å². The van der Waals surface area contributed by atoms with Crippen LogP contribution in [0.25, 0.3) is 0 Å². The molecule has 1 fully saturated rings. The van der Waals surface area contributed by atoms with Crippen LogP contribution in [-0.2, 0) is 11.3 Å². The Hall–Kier alpha value is -1.79. The number of likely N-dealkylation sites (N-methyl/N-ethyl adjacent to an activating group) is 1. The minimum absolute atomic E-state index is 0.130. The summed E-state index contributed by atoms with van der Waals surface area (Å²) < 4.78 is 11.3. The van der Waals surface area contributed by atoms with Crippen molar-refractivity contribution in [3.63, 3.8) is 0 Å². The Balaban J connectivity index is 1.49. The number of ether oxygens (including phenoxy) is 2. The number of para-hydroxylation sites is 1. The fraction of sp³-hybridized carbons (Fsp3) is 0.588. The SMILES string of the molecule is CCN(CC(=O)O)C1CC(NCc2cccc3c2OCCO3)C1. The van der Waals surface area contributed by atoms with E-state index in [9.17, 15) is 4.79 Å². The number of nitrogens with zero attached hydrogens (tertiary/aromatic N) is 1. The largest absolute Gasteiger partial charge is 0.486 e. The number of nitrogens with one attached hydrogen (secondary N) is 1. The Bertz CT molecular complexity index is 558. The molecular weight excluding hydrogens is 296 g/mol. The fourth-order valence-electron chi connectivity index (χ4n) is 3.25. The standard InChI is InChI=1S/C17H24N2O4/c1-2-19(11-16(20)21)14-8-13(9-14)18-10-12-4-3-5-15-17(12)23-7-6-22-15/h3-5,13-14,18H,2,6-11H2,1H3,(H,20,21). The van der Waals surface area contributed by atoms with Crippen LogP contribution >= 0.6 is 0 Å². The predicted octanol–water partition coefficient (Wildman–Crippen LogP) is 1.48. The number of rotatable bonds is 7. The van der Waals surface area contributed by atoms with Crippen molar-refractivity contribution in [2.45, 2.75) is 38.4 Å². The summed E-state index contributed by atoms with van der Waals surface area (Å²) in [7, 11) is 0. The van der Waals surface area contributed by atoms with Gasteiger partial charge >= 0.3 is 5.97 Å². The van der Waals surface area contributed by atoms with Crippen molar-refractivity contribution in [3.8, 4) is 11.5 Å². The van der Waals surface area contributed by atoms with Gasteiger partial charge in [-0.25, -0.2) is 0 Å². The third-order valence-corrected chi connectivity index (χ3v) is 4.60. The molecule has 126 valence electrons. The average Bonchev–Trinajstić information content (AvgIpc) is 2.52. The second kappa shape index (κ2) is 7.19. The van der Waals surface area contributed by atoms with Gasteiger partial charge in [0.05, 0.1) is 6.54 Å². The molecule has 1 aromatic rings. The van der Waals surface area contributed by atoms with Gasteiger partial charge in [0.2, 0.25) is 0 Å². The van der Waals surface area contributed by atoms with Crippen molar-refractivity contribution in [1.82, 2.24) is 10.2 Å². The Morgan fingerprint density at radius 2 is 2.13 bits per heavy atom. The van der Waals surface area contributed by atoms with E-state index in [-0.39, 0.29) is 6.54 Å². The molecule has 0 radical (unpaired) electrons. The third-order valence-electron chi connectivity index (χ3n) is 4.60. The topological polar surface area (TPSA) is 71.0 Å². The Morgan fingerprint density at radius 3 is 2.87 bits per heavy atom. The van der Waals surface area contributed by atoms with Crippen LogP contribution in [0.4, 0.5) is 0 Å². The zero-order chi connectivity index (χ0) is 16.2. The summed E-state index contributed by atoms with van der Waals surface area (Å²) in [5.41, 5.74) is 1.11. The molecule has 1 heterocycles. The smallest absolute Gasteiger partial charge is 0.317 e. The van der Waals surface area contributed by atoms with Crippen LogP contribution in [0, 0.1) is 0 Å². The molecule has 0 aromatic heterocycles. The van der Waals surface area contributed by atoms with E-state index in [0.29, 0.717) is 25.3 Å². The molecule has 1 aromatic carbocycles. The second-order valence-electron chi connectivity index (χ2n) is 6.10. The van der Waals surface area contributed by atoms with Gasteiger partial charge in [-0.05, 0) is 25.5 Å². The zero-order valence-corrected chi connectivity index (χ0v) is 13.5. The first-order valence-corrected chi connectivity index (χ1v) is 8.24. The van der Waals surface area contributed by atoms with Gasteiger partial charge < -0.3 is 19.9 Å². The van der Waals surface area contributed by atoms with Crippen molar-refractivity contribution >= 4 is 5.97 Å². The number of benzene rings is 1. The number of carboxylic acids is 1. The van der Waals surface area contributed by atoms with Gasteiger partial charge in [0, 0.05) is 24.2 Å². The molecule has 1 aliphatic heterocycles. The Morgan fingerprint density at radius 1 is 1.35 bits per heavy atom. The fourth-order valence-corrected chi connectivity index (χ4v) is 3.25. The maximum atomic E-state index is 10.9. The lowest BCUT2D eigenvalue weighted by Crippen LogP contribution is -2.53. The molecule has 3 rings (SSSR count). The molecule has 23 heavy (non-hydrogen) atoms. The Kier molecular flexibility index (Phi) is 5.03. The summed E-state index contributed by atoms with van der Waals surface area (Å²) >= 11 is 0. The first kappa shape index (κ1) is 16.1. The molecule has 6 heteroatoms. The number of fused-ring (bicyclic) bond motifs is 1. The van der Waals surface area contributed by atoms with Crippen molar-refractivity contribution in [3.05, 3.63) is 23.8 Å². The zero-order valence-electron chi connectivity index (χ0n) is 13.5. The van der Waals surface area contributed by atoms with Crippen molar-refractivity contribution < 1.29 is 19.4 Å². The third kappa shape index (κ3) is 3.76. The van der Waals surface area contributed by atoms with E-state index in [2.05, 4.69) is 11.4 Å². The van der Waals surface area contributed by atoms with E-state index in [4.69, 9.17) is 14.6 Å². The minimum atomic E-state index is -0.753. The summed E-state index contributed by atoms with van der Waals surface area (Å²) in [5, 5.41) is 12.5. The van der Waals surface area contributed by atoms with Crippen molar-refractivity contribution in [2.75, 3.05) is 26.3 Å². The maximum Gasteiger partial charge on any atom is 0.317 e. The molecule has 2 aliphatic rings. The van der Waals surface area contributed by atoms with E-state index in [0.717, 1.165) is 43.0 Å². The first-order chi connectivity index (χ1) is 11.2. The van der Waals surface area contributed by atoms with Crippen molar-refractivity contribution in [2.24, 2.45) is 0 Å². The highest BCUT2D eigenvalue weighted by Crippen LogP contribution is 2.34. The molecule has 0 spiro atoms. The molecule has 0 saturated heterocycles. The number of hydrogen-bond acceptors (Lipinski definition) is 5. The highest BCUT2D eigenvalue weighted by molar-refractivity contribution is 5.69. The minimum Gasteiger partial charge on any atom is -0.486 e. The van der Waals surface area contributed by atoms with Crippen LogP contribution < -0.4 is 14.8 Å².